The molecule has 0 bridgehead atoms. The second-order valence-corrected chi connectivity index (χ2v) is 9.78. The van der Waals surface area contributed by atoms with Crippen LogP contribution in [0.15, 0.2) is 33.9 Å². The van der Waals surface area contributed by atoms with Gasteiger partial charge in [0.05, 0.1) is 0 Å². The van der Waals surface area contributed by atoms with Crippen molar-refractivity contribution in [3.05, 3.63) is 50.3 Å². The smallest absolute Gasteiger partial charge is 0.253 e. The van der Waals surface area contributed by atoms with Crippen molar-refractivity contribution in [2.24, 2.45) is 17.8 Å². The minimum Gasteiger partial charge on any atom is -0.380 e. The molecule has 2 aromatic rings. The Morgan fingerprint density at radius 2 is 1.70 bits per heavy atom. The molecule has 2 N–H and O–H groups in total. The van der Waals surface area contributed by atoms with Gasteiger partial charge >= 0.3 is 0 Å². The van der Waals surface area contributed by atoms with Gasteiger partial charge in [-0.3, -0.25) is 19.2 Å². The van der Waals surface area contributed by atoms with E-state index in [4.69, 9.17) is 0 Å². The molecule has 2 aliphatic rings. The third kappa shape index (κ3) is 5.18. The molecule has 0 spiro atoms. The number of nitrogens with zero attached hydrogens (tertiary/aromatic N) is 1. The van der Waals surface area contributed by atoms with E-state index >= 15 is 0 Å². The number of benzene rings is 1. The third-order valence-electron chi connectivity index (χ3n) is 7.31. The van der Waals surface area contributed by atoms with Gasteiger partial charge in [-0.25, -0.2) is 0 Å². The number of carbonyl (C=O) groups is 2. The Bertz CT molecular complexity index is 1090. The largest absolute Gasteiger partial charge is 0.380 e. The number of carbonyl (C=O) groups excluding carboxylic acids is 2. The molecule has 0 unspecified atom stereocenters. The van der Waals surface area contributed by atoms with Crippen molar-refractivity contribution >= 4 is 28.8 Å². The van der Waals surface area contributed by atoms with Gasteiger partial charge in [0.25, 0.3) is 10.9 Å². The van der Waals surface area contributed by atoms with Gasteiger partial charge in [-0.2, -0.15) is 0 Å². The maximum Gasteiger partial charge on any atom is 0.253 e. The molecule has 1 amide bonds. The Kier molecular flexibility index (Phi) is 6.96. The van der Waals surface area contributed by atoms with E-state index in [0.29, 0.717) is 41.0 Å². The fourth-order valence-corrected chi connectivity index (χ4v) is 5.01. The Hall–Kier alpha value is -2.96. The highest BCUT2D eigenvalue weighted by molar-refractivity contribution is 5.97. The summed E-state index contributed by atoms with van der Waals surface area (Å²) in [4.78, 5) is 50.6. The first kappa shape index (κ1) is 23.2. The van der Waals surface area contributed by atoms with Crippen LogP contribution in [0.5, 0.6) is 0 Å². The number of nitrogens with one attached hydrogen (secondary N) is 2. The zero-order valence-corrected chi connectivity index (χ0v) is 19.5. The molecule has 4 rings (SSSR count). The Balaban J connectivity index is 1.27. The van der Waals surface area contributed by atoms with Crippen LogP contribution in [0.4, 0.5) is 17.1 Å². The van der Waals surface area contributed by atoms with Gasteiger partial charge in [0.2, 0.25) is 5.91 Å². The number of anilines is 3. The molecule has 1 heterocycles. The maximum absolute atomic E-state index is 12.7. The van der Waals surface area contributed by atoms with E-state index in [2.05, 4.69) is 22.5 Å². The SMILES string of the molecule is CC(=O)c1cccc(NC(=O)C2CCC(CNc3c(N4CCC(C)CC4)c(=O)c3=O)CC2)c1. The minimum absolute atomic E-state index is 0.00815. The number of amides is 1. The molecular formula is C26H33N3O4. The first-order valence-corrected chi connectivity index (χ1v) is 12.1. The van der Waals surface area contributed by atoms with Crippen molar-refractivity contribution < 1.29 is 9.59 Å². The highest BCUT2D eigenvalue weighted by Gasteiger charge is 2.30. The molecule has 1 saturated heterocycles. The van der Waals surface area contributed by atoms with Crippen LogP contribution < -0.4 is 26.4 Å². The molecule has 1 aliphatic heterocycles. The molecule has 33 heavy (non-hydrogen) atoms. The molecule has 0 radical (unpaired) electrons. The zero-order valence-electron chi connectivity index (χ0n) is 19.5. The van der Waals surface area contributed by atoms with Crippen molar-refractivity contribution in [3.63, 3.8) is 0 Å². The summed E-state index contributed by atoms with van der Waals surface area (Å²) in [5.74, 6) is 0.938. The van der Waals surface area contributed by atoms with Crippen LogP contribution in [0.3, 0.4) is 0 Å². The first-order valence-electron chi connectivity index (χ1n) is 12.1. The lowest BCUT2D eigenvalue weighted by atomic mass is 9.81. The molecule has 7 nitrogen and oxygen atoms in total. The summed E-state index contributed by atoms with van der Waals surface area (Å²) in [6.07, 6.45) is 5.45. The molecule has 7 heteroatoms. The summed E-state index contributed by atoms with van der Waals surface area (Å²) in [6.45, 7) is 6.04. The van der Waals surface area contributed by atoms with Gasteiger partial charge in [-0.05, 0) is 69.4 Å². The average molecular weight is 452 g/mol. The van der Waals surface area contributed by atoms with Gasteiger partial charge in [0.1, 0.15) is 11.4 Å². The summed E-state index contributed by atoms with van der Waals surface area (Å²) in [5.41, 5.74) is 1.54. The average Bonchev–Trinajstić information content (AvgIpc) is 2.82. The summed E-state index contributed by atoms with van der Waals surface area (Å²) in [7, 11) is 0. The van der Waals surface area contributed by atoms with Crippen molar-refractivity contribution in [1.29, 1.82) is 0 Å². The van der Waals surface area contributed by atoms with E-state index in [9.17, 15) is 19.2 Å². The van der Waals surface area contributed by atoms with Gasteiger partial charge < -0.3 is 15.5 Å². The predicted octanol–water partition coefficient (Wildman–Crippen LogP) is 3.58. The van der Waals surface area contributed by atoms with Crippen molar-refractivity contribution in [2.75, 3.05) is 35.2 Å². The Morgan fingerprint density at radius 3 is 2.36 bits per heavy atom. The lowest BCUT2D eigenvalue weighted by Crippen LogP contribution is -2.45. The van der Waals surface area contributed by atoms with Crippen LogP contribution in [-0.2, 0) is 4.79 Å². The molecule has 2 fully saturated rings. The molecule has 0 atom stereocenters. The number of ketones is 1. The maximum atomic E-state index is 12.7. The van der Waals surface area contributed by atoms with E-state index in [-0.39, 0.29) is 23.0 Å². The quantitative estimate of drug-likeness (QED) is 0.494. The lowest BCUT2D eigenvalue weighted by Gasteiger charge is -2.34. The van der Waals surface area contributed by atoms with Crippen LogP contribution in [0.1, 0.15) is 62.7 Å². The molecule has 1 saturated carbocycles. The topological polar surface area (TPSA) is 95.6 Å². The second kappa shape index (κ2) is 9.89. The van der Waals surface area contributed by atoms with E-state index in [1.807, 2.05) is 0 Å². The first-order chi connectivity index (χ1) is 15.8. The fourth-order valence-electron chi connectivity index (χ4n) is 5.01. The summed E-state index contributed by atoms with van der Waals surface area (Å²) in [6, 6.07) is 7.02. The van der Waals surface area contributed by atoms with Crippen molar-refractivity contribution in [2.45, 2.75) is 52.4 Å². The van der Waals surface area contributed by atoms with Crippen LogP contribution in [-0.4, -0.2) is 31.3 Å². The summed E-state index contributed by atoms with van der Waals surface area (Å²) in [5, 5.41) is 6.21. The summed E-state index contributed by atoms with van der Waals surface area (Å²) < 4.78 is 0. The molecular weight excluding hydrogens is 418 g/mol. The number of hydrogen-bond acceptors (Lipinski definition) is 6. The molecule has 176 valence electrons. The number of Topliss-reactive ketones (excluding diaryl/α,β-unsaturated/α-hetero) is 1. The molecule has 1 aliphatic carbocycles. The number of hydrogen-bond donors (Lipinski definition) is 2. The van der Waals surface area contributed by atoms with Gasteiger partial charge in [0.15, 0.2) is 5.78 Å². The normalized spacial score (nSPS) is 21.7. The van der Waals surface area contributed by atoms with E-state index < -0.39 is 5.43 Å². The Morgan fingerprint density at radius 1 is 1.00 bits per heavy atom. The van der Waals surface area contributed by atoms with Crippen LogP contribution in [0, 0.1) is 17.8 Å². The highest BCUT2D eigenvalue weighted by atomic mass is 16.2. The van der Waals surface area contributed by atoms with E-state index in [1.54, 1.807) is 24.3 Å². The molecule has 2 aromatic carbocycles. The van der Waals surface area contributed by atoms with Crippen LogP contribution >= 0.6 is 0 Å². The Labute approximate surface area is 194 Å². The predicted molar refractivity (Wildman–Crippen MR) is 131 cm³/mol. The third-order valence-corrected chi connectivity index (χ3v) is 7.31. The lowest BCUT2D eigenvalue weighted by molar-refractivity contribution is -0.121. The van der Waals surface area contributed by atoms with Crippen LogP contribution in [0.25, 0.3) is 0 Å². The highest BCUT2D eigenvalue weighted by Crippen LogP contribution is 2.31. The number of piperidine rings is 1. The fraction of sp³-hybridized carbons (Fsp3) is 0.538. The standard InChI is InChI=1S/C26H33N3O4/c1-16-10-12-29(13-11-16)23-22(24(31)25(23)32)27-15-18-6-8-19(9-7-18)26(33)28-21-5-3-4-20(14-21)17(2)30/h3-5,14,16,18-19,27H,6-13,15H2,1-2H3,(H,28,33). The van der Waals surface area contributed by atoms with Gasteiger partial charge in [-0.15, -0.1) is 0 Å². The summed E-state index contributed by atoms with van der Waals surface area (Å²) >= 11 is 0. The molecule has 0 aromatic heterocycles. The van der Waals surface area contributed by atoms with Crippen molar-refractivity contribution in [3.8, 4) is 0 Å². The van der Waals surface area contributed by atoms with Gasteiger partial charge in [-0.1, -0.05) is 19.1 Å². The second-order valence-electron chi connectivity index (χ2n) is 9.78. The van der Waals surface area contributed by atoms with Crippen LogP contribution in [0.2, 0.25) is 0 Å². The monoisotopic (exact) mass is 451 g/mol. The zero-order chi connectivity index (χ0) is 23.5. The minimum atomic E-state index is -0.399. The van der Waals surface area contributed by atoms with Gasteiger partial charge in [0, 0.05) is 36.8 Å². The van der Waals surface area contributed by atoms with E-state index in [0.717, 1.165) is 51.6 Å². The van der Waals surface area contributed by atoms with E-state index in [1.165, 1.54) is 6.92 Å². The number of rotatable bonds is 7. The van der Waals surface area contributed by atoms with Crippen molar-refractivity contribution in [1.82, 2.24) is 0 Å².